The molecule has 4 aliphatic rings. The van der Waals surface area contributed by atoms with E-state index in [1.165, 1.54) is 51.7 Å². The molecule has 4 bridgehead atoms. The predicted octanol–water partition coefficient (Wildman–Crippen LogP) is 6.37. The molecule has 30 heavy (non-hydrogen) atoms. The summed E-state index contributed by atoms with van der Waals surface area (Å²) >= 11 is 6.61. The Morgan fingerprint density at radius 3 is 2.33 bits per heavy atom. The lowest BCUT2D eigenvalue weighted by Crippen LogP contribution is -2.48. The molecule has 4 heteroatoms. The summed E-state index contributed by atoms with van der Waals surface area (Å²) in [6, 6.07) is 11.7. The number of carbonyl (C=O) groups is 1. The first-order valence-corrected chi connectivity index (χ1v) is 11.2. The zero-order chi connectivity index (χ0) is 20.9. The molecule has 0 aromatic heterocycles. The number of methoxy groups -OCH3 is 1. The number of benzene rings is 2. The Bertz CT molecular complexity index is 988. The van der Waals surface area contributed by atoms with E-state index in [9.17, 15) is 9.90 Å². The average molecular weight is 423 g/mol. The zero-order valence-electron chi connectivity index (χ0n) is 17.2. The van der Waals surface area contributed by atoms with Gasteiger partial charge in [-0.25, -0.2) is 4.79 Å². The number of carbonyl (C=O) groups excluding carboxylic acids is 1. The van der Waals surface area contributed by atoms with Crippen molar-refractivity contribution in [3.8, 4) is 16.9 Å². The van der Waals surface area contributed by atoms with Gasteiger partial charge < -0.3 is 9.84 Å². The minimum Gasteiger partial charge on any atom is -0.508 e. The minimum atomic E-state index is -0.394. The van der Waals surface area contributed by atoms with Crippen LogP contribution in [0.5, 0.6) is 5.75 Å². The van der Waals surface area contributed by atoms with Gasteiger partial charge >= 0.3 is 5.97 Å². The van der Waals surface area contributed by atoms with Crippen molar-refractivity contribution in [2.75, 3.05) is 7.11 Å². The first kappa shape index (κ1) is 19.7. The van der Waals surface area contributed by atoms with Crippen molar-refractivity contribution >= 4 is 23.6 Å². The second-order valence-electron chi connectivity index (χ2n) is 9.53. The van der Waals surface area contributed by atoms with Crippen LogP contribution < -0.4 is 0 Å². The highest BCUT2D eigenvalue weighted by Gasteiger charge is 2.52. The van der Waals surface area contributed by atoms with E-state index >= 15 is 0 Å². The number of phenols is 1. The van der Waals surface area contributed by atoms with E-state index in [-0.39, 0.29) is 5.41 Å². The minimum absolute atomic E-state index is 0.129. The number of aromatic hydroxyl groups is 1. The molecule has 0 heterocycles. The molecule has 4 fully saturated rings. The lowest BCUT2D eigenvalue weighted by Gasteiger charge is -2.57. The molecule has 2 aromatic carbocycles. The highest BCUT2D eigenvalue weighted by atomic mass is 35.5. The van der Waals surface area contributed by atoms with Crippen LogP contribution in [0, 0.1) is 17.8 Å². The average Bonchev–Trinajstić information content (AvgIpc) is 2.71. The monoisotopic (exact) mass is 422 g/mol. The number of hydrogen-bond acceptors (Lipinski definition) is 3. The topological polar surface area (TPSA) is 46.5 Å². The molecule has 0 amide bonds. The van der Waals surface area contributed by atoms with Gasteiger partial charge in [0.05, 0.1) is 7.11 Å². The van der Waals surface area contributed by atoms with Gasteiger partial charge in [0.2, 0.25) is 0 Å². The van der Waals surface area contributed by atoms with Gasteiger partial charge in [-0.2, -0.15) is 0 Å². The number of rotatable bonds is 4. The van der Waals surface area contributed by atoms with Crippen LogP contribution in [-0.2, 0) is 14.9 Å². The van der Waals surface area contributed by atoms with Gasteiger partial charge in [-0.05, 0) is 97.1 Å². The highest BCUT2D eigenvalue weighted by molar-refractivity contribution is 6.33. The molecule has 4 saturated carbocycles. The lowest BCUT2D eigenvalue weighted by atomic mass is 9.48. The molecular formula is C26H27ClO3. The first-order valence-electron chi connectivity index (χ1n) is 10.9. The van der Waals surface area contributed by atoms with E-state index in [2.05, 4.69) is 10.8 Å². The second-order valence-corrected chi connectivity index (χ2v) is 9.93. The first-order chi connectivity index (χ1) is 14.5. The fourth-order valence-corrected chi connectivity index (χ4v) is 6.97. The molecule has 0 atom stereocenters. The smallest absolute Gasteiger partial charge is 0.330 e. The van der Waals surface area contributed by atoms with E-state index in [0.29, 0.717) is 10.8 Å². The summed E-state index contributed by atoms with van der Waals surface area (Å²) in [7, 11) is 1.36. The Kier molecular flexibility index (Phi) is 4.89. The SMILES string of the molecule is COC(=O)/C=C/c1ccc(-c2ccc(O)c(C34CC5CC(CC(C5)C3)C4)c2)c(Cl)c1. The maximum Gasteiger partial charge on any atom is 0.330 e. The number of ether oxygens (including phenoxy) is 1. The Morgan fingerprint density at radius 1 is 1.07 bits per heavy atom. The molecule has 0 radical (unpaired) electrons. The highest BCUT2D eigenvalue weighted by Crippen LogP contribution is 2.62. The quantitative estimate of drug-likeness (QED) is 0.460. The summed E-state index contributed by atoms with van der Waals surface area (Å²) in [6.45, 7) is 0. The summed E-state index contributed by atoms with van der Waals surface area (Å²) in [5, 5.41) is 11.4. The Balaban J connectivity index is 1.48. The third-order valence-corrected chi connectivity index (χ3v) is 7.84. The van der Waals surface area contributed by atoms with Gasteiger partial charge in [0.15, 0.2) is 0 Å². The van der Waals surface area contributed by atoms with E-state index in [1.807, 2.05) is 30.3 Å². The van der Waals surface area contributed by atoms with Crippen molar-refractivity contribution in [1.29, 1.82) is 0 Å². The molecule has 0 saturated heterocycles. The third-order valence-electron chi connectivity index (χ3n) is 7.52. The predicted molar refractivity (Wildman–Crippen MR) is 119 cm³/mol. The van der Waals surface area contributed by atoms with Crippen LogP contribution in [0.25, 0.3) is 17.2 Å². The van der Waals surface area contributed by atoms with Crippen LogP contribution in [0.3, 0.4) is 0 Å². The van der Waals surface area contributed by atoms with E-state index in [0.717, 1.165) is 40.0 Å². The summed E-state index contributed by atoms with van der Waals surface area (Å²) in [6.07, 6.45) is 10.9. The van der Waals surface area contributed by atoms with Crippen LogP contribution in [0.15, 0.2) is 42.5 Å². The van der Waals surface area contributed by atoms with E-state index in [4.69, 9.17) is 11.6 Å². The van der Waals surface area contributed by atoms with Crippen LogP contribution >= 0.6 is 11.6 Å². The van der Waals surface area contributed by atoms with Gasteiger partial charge in [0, 0.05) is 22.2 Å². The van der Waals surface area contributed by atoms with Crippen molar-refractivity contribution in [2.24, 2.45) is 17.8 Å². The van der Waals surface area contributed by atoms with Crippen molar-refractivity contribution in [3.63, 3.8) is 0 Å². The Hall–Kier alpha value is -2.26. The third kappa shape index (κ3) is 3.43. The molecule has 1 N–H and O–H groups in total. The number of halogens is 1. The molecule has 4 aliphatic carbocycles. The summed E-state index contributed by atoms with van der Waals surface area (Å²) in [5.74, 6) is 2.50. The van der Waals surface area contributed by atoms with Gasteiger partial charge in [-0.3, -0.25) is 0 Å². The maximum absolute atomic E-state index is 11.3. The van der Waals surface area contributed by atoms with E-state index in [1.54, 1.807) is 6.08 Å². The summed E-state index contributed by atoms with van der Waals surface area (Å²) < 4.78 is 4.64. The molecular weight excluding hydrogens is 396 g/mol. The van der Waals surface area contributed by atoms with Gasteiger partial charge in [-0.15, -0.1) is 0 Å². The molecule has 156 valence electrons. The van der Waals surface area contributed by atoms with E-state index < -0.39 is 5.97 Å². The fraction of sp³-hybridized carbons (Fsp3) is 0.423. The molecule has 0 unspecified atom stereocenters. The lowest BCUT2D eigenvalue weighted by molar-refractivity contribution is -0.134. The Labute approximate surface area is 182 Å². The second kappa shape index (κ2) is 7.46. The number of hydrogen-bond donors (Lipinski definition) is 1. The summed E-state index contributed by atoms with van der Waals surface area (Å²) in [4.78, 5) is 11.3. The van der Waals surface area contributed by atoms with Gasteiger partial charge in [0.25, 0.3) is 0 Å². The molecule has 3 nitrogen and oxygen atoms in total. The largest absolute Gasteiger partial charge is 0.508 e. The van der Waals surface area contributed by atoms with Crippen molar-refractivity contribution in [1.82, 2.24) is 0 Å². The van der Waals surface area contributed by atoms with Crippen LogP contribution in [-0.4, -0.2) is 18.2 Å². The fourth-order valence-electron chi connectivity index (χ4n) is 6.67. The molecule has 0 spiro atoms. The maximum atomic E-state index is 11.3. The van der Waals surface area contributed by atoms with Crippen molar-refractivity contribution < 1.29 is 14.6 Å². The van der Waals surface area contributed by atoms with Crippen LogP contribution in [0.2, 0.25) is 5.02 Å². The van der Waals surface area contributed by atoms with Crippen LogP contribution in [0.1, 0.15) is 49.7 Å². The standard InChI is InChI=1S/C26H27ClO3/c1-30-25(29)7-3-16-2-5-21(23(27)11-16)20-4-6-24(28)22(12-20)26-13-17-8-18(14-26)10-19(9-17)15-26/h2-7,11-12,17-19,28H,8-10,13-15H2,1H3/b7-3+. The zero-order valence-corrected chi connectivity index (χ0v) is 18.0. The number of esters is 1. The van der Waals surface area contributed by atoms with Gasteiger partial charge in [-0.1, -0.05) is 29.8 Å². The van der Waals surface area contributed by atoms with Gasteiger partial charge in [0.1, 0.15) is 5.75 Å². The molecule has 2 aromatic rings. The molecule has 6 rings (SSSR count). The van der Waals surface area contributed by atoms with Crippen molar-refractivity contribution in [2.45, 2.75) is 43.9 Å². The number of phenolic OH excluding ortho intramolecular Hbond substituents is 1. The normalized spacial score (nSPS) is 29.5. The summed E-state index contributed by atoms with van der Waals surface area (Å²) in [5.41, 5.74) is 4.06. The Morgan fingerprint density at radius 2 is 1.73 bits per heavy atom. The van der Waals surface area contributed by atoms with Crippen LogP contribution in [0.4, 0.5) is 0 Å². The van der Waals surface area contributed by atoms with Crippen molar-refractivity contribution in [3.05, 3.63) is 58.6 Å². The molecule has 0 aliphatic heterocycles.